The molecule has 1 heterocycles. The van der Waals surface area contributed by atoms with Crippen molar-refractivity contribution in [3.63, 3.8) is 0 Å². The first-order chi connectivity index (χ1) is 8.56. The molecule has 0 saturated heterocycles. The van der Waals surface area contributed by atoms with Crippen LogP contribution < -0.4 is 5.32 Å². The first-order valence-electron chi connectivity index (χ1n) is 5.71. The van der Waals surface area contributed by atoms with Gasteiger partial charge < -0.3 is 9.84 Å². The van der Waals surface area contributed by atoms with Crippen molar-refractivity contribution < 1.29 is 9.32 Å². The summed E-state index contributed by atoms with van der Waals surface area (Å²) < 4.78 is 4.92. The Kier molecular flexibility index (Phi) is 3.41. The van der Waals surface area contributed by atoms with E-state index in [1.54, 1.807) is 13.0 Å². The van der Waals surface area contributed by atoms with Crippen molar-refractivity contribution in [1.82, 2.24) is 15.5 Å². The Bertz CT molecular complexity index is 575. The Morgan fingerprint density at radius 2 is 2.06 bits per heavy atom. The van der Waals surface area contributed by atoms with Gasteiger partial charge in [-0.15, -0.1) is 0 Å². The van der Waals surface area contributed by atoms with Gasteiger partial charge in [-0.3, -0.25) is 4.79 Å². The fourth-order valence-corrected chi connectivity index (χ4v) is 1.55. The van der Waals surface area contributed by atoms with E-state index in [4.69, 9.17) is 4.52 Å². The summed E-state index contributed by atoms with van der Waals surface area (Å²) in [5.74, 6) is 0.823. The molecular weight excluding hydrogens is 230 g/mol. The third-order valence-electron chi connectivity index (χ3n) is 2.74. The van der Waals surface area contributed by atoms with Crippen LogP contribution in [0.25, 0.3) is 0 Å². The average Bonchev–Trinajstić information content (AvgIpc) is 2.75. The van der Waals surface area contributed by atoms with Gasteiger partial charge in [-0.2, -0.15) is 4.98 Å². The molecule has 1 aromatic heterocycles. The smallest absolute Gasteiger partial charge is 0.251 e. The molecule has 0 bridgehead atoms. The predicted molar refractivity (Wildman–Crippen MR) is 66.1 cm³/mol. The van der Waals surface area contributed by atoms with Gasteiger partial charge in [0.25, 0.3) is 5.91 Å². The topological polar surface area (TPSA) is 68.0 Å². The second-order valence-corrected chi connectivity index (χ2v) is 4.22. The van der Waals surface area contributed by atoms with E-state index in [9.17, 15) is 4.79 Å². The minimum absolute atomic E-state index is 0.144. The zero-order valence-electron chi connectivity index (χ0n) is 10.7. The monoisotopic (exact) mass is 245 g/mol. The minimum Gasteiger partial charge on any atom is -0.343 e. The Morgan fingerprint density at radius 1 is 1.28 bits per heavy atom. The van der Waals surface area contributed by atoms with E-state index in [1.165, 1.54) is 5.56 Å². The summed E-state index contributed by atoms with van der Waals surface area (Å²) in [6.45, 7) is 5.97. The van der Waals surface area contributed by atoms with Gasteiger partial charge in [0.2, 0.25) is 5.89 Å². The molecule has 0 unspecified atom stereocenters. The number of benzene rings is 1. The van der Waals surface area contributed by atoms with Crippen LogP contribution >= 0.6 is 0 Å². The van der Waals surface area contributed by atoms with Gasteiger partial charge in [0, 0.05) is 5.56 Å². The van der Waals surface area contributed by atoms with Crippen molar-refractivity contribution in [1.29, 1.82) is 0 Å². The van der Waals surface area contributed by atoms with E-state index in [0.717, 1.165) is 5.56 Å². The fourth-order valence-electron chi connectivity index (χ4n) is 1.55. The normalized spacial score (nSPS) is 10.4. The molecule has 0 spiro atoms. The Hall–Kier alpha value is -2.17. The van der Waals surface area contributed by atoms with Gasteiger partial charge >= 0.3 is 0 Å². The van der Waals surface area contributed by atoms with Gasteiger partial charge in [-0.25, -0.2) is 0 Å². The summed E-state index contributed by atoms with van der Waals surface area (Å²) >= 11 is 0. The van der Waals surface area contributed by atoms with E-state index < -0.39 is 0 Å². The maximum absolute atomic E-state index is 11.9. The van der Waals surface area contributed by atoms with E-state index in [0.29, 0.717) is 17.3 Å². The predicted octanol–water partition coefficient (Wildman–Crippen LogP) is 1.92. The Morgan fingerprint density at radius 3 is 2.67 bits per heavy atom. The lowest BCUT2D eigenvalue weighted by Crippen LogP contribution is -2.23. The molecule has 18 heavy (non-hydrogen) atoms. The van der Waals surface area contributed by atoms with Crippen molar-refractivity contribution in [2.45, 2.75) is 27.3 Å². The molecule has 1 amide bonds. The highest BCUT2D eigenvalue weighted by atomic mass is 16.5. The van der Waals surface area contributed by atoms with E-state index in [1.807, 2.05) is 26.0 Å². The number of rotatable bonds is 3. The van der Waals surface area contributed by atoms with E-state index in [2.05, 4.69) is 15.5 Å². The number of hydrogen-bond donors (Lipinski definition) is 1. The molecule has 0 saturated carbocycles. The fraction of sp³-hybridized carbons (Fsp3) is 0.308. The molecule has 0 aliphatic carbocycles. The van der Waals surface area contributed by atoms with Crippen LogP contribution in [-0.2, 0) is 6.54 Å². The third kappa shape index (κ3) is 2.74. The molecule has 0 aliphatic heterocycles. The van der Waals surface area contributed by atoms with Gasteiger partial charge in [0.1, 0.15) is 0 Å². The number of nitrogens with zero attached hydrogens (tertiary/aromatic N) is 2. The molecule has 2 aromatic rings. The third-order valence-corrected chi connectivity index (χ3v) is 2.74. The van der Waals surface area contributed by atoms with Crippen LogP contribution in [0.4, 0.5) is 0 Å². The van der Waals surface area contributed by atoms with Crippen LogP contribution in [0.5, 0.6) is 0 Å². The number of nitrogens with one attached hydrogen (secondary N) is 1. The maximum Gasteiger partial charge on any atom is 0.251 e. The van der Waals surface area contributed by atoms with Gasteiger partial charge in [-0.1, -0.05) is 11.2 Å². The summed E-state index contributed by atoms with van der Waals surface area (Å²) in [5.41, 5.74) is 2.89. The Balaban J connectivity index is 2.01. The second kappa shape index (κ2) is 5.00. The SMILES string of the molecule is Cc1noc(CNC(=O)c2ccc(C)c(C)c2)n1. The van der Waals surface area contributed by atoms with Crippen LogP contribution in [0.15, 0.2) is 22.7 Å². The first-order valence-corrected chi connectivity index (χ1v) is 5.71. The molecule has 5 nitrogen and oxygen atoms in total. The highest BCUT2D eigenvalue weighted by Crippen LogP contribution is 2.09. The van der Waals surface area contributed by atoms with Crippen LogP contribution in [0.2, 0.25) is 0 Å². The van der Waals surface area contributed by atoms with Gasteiger partial charge in [-0.05, 0) is 44.0 Å². The van der Waals surface area contributed by atoms with E-state index in [-0.39, 0.29) is 12.5 Å². The molecule has 0 radical (unpaired) electrons. The van der Waals surface area contributed by atoms with Crippen LogP contribution in [-0.4, -0.2) is 16.0 Å². The van der Waals surface area contributed by atoms with Crippen molar-refractivity contribution >= 4 is 5.91 Å². The summed E-state index contributed by atoms with van der Waals surface area (Å²) in [6.07, 6.45) is 0. The molecule has 0 fully saturated rings. The summed E-state index contributed by atoms with van der Waals surface area (Å²) in [7, 11) is 0. The minimum atomic E-state index is -0.144. The molecule has 2 rings (SSSR count). The summed E-state index contributed by atoms with van der Waals surface area (Å²) in [6, 6.07) is 5.60. The maximum atomic E-state index is 11.9. The zero-order chi connectivity index (χ0) is 13.1. The number of carbonyl (C=O) groups excluding carboxylic acids is 1. The number of aromatic nitrogens is 2. The second-order valence-electron chi connectivity index (χ2n) is 4.22. The van der Waals surface area contributed by atoms with Crippen molar-refractivity contribution in [2.24, 2.45) is 0 Å². The van der Waals surface area contributed by atoms with Gasteiger partial charge in [0.15, 0.2) is 5.82 Å². The van der Waals surface area contributed by atoms with Crippen LogP contribution in [0.1, 0.15) is 33.2 Å². The lowest BCUT2D eigenvalue weighted by Gasteiger charge is -2.05. The first kappa shape index (κ1) is 12.3. The van der Waals surface area contributed by atoms with Crippen LogP contribution in [0, 0.1) is 20.8 Å². The molecule has 1 N–H and O–H groups in total. The molecule has 94 valence electrons. The summed E-state index contributed by atoms with van der Waals surface area (Å²) in [5, 5.41) is 6.40. The quantitative estimate of drug-likeness (QED) is 0.897. The largest absolute Gasteiger partial charge is 0.343 e. The average molecular weight is 245 g/mol. The molecule has 1 aromatic carbocycles. The lowest BCUT2D eigenvalue weighted by atomic mass is 10.1. The molecule has 0 atom stereocenters. The number of aryl methyl sites for hydroxylation is 3. The Labute approximate surface area is 105 Å². The highest BCUT2D eigenvalue weighted by molar-refractivity contribution is 5.94. The zero-order valence-corrected chi connectivity index (χ0v) is 10.7. The van der Waals surface area contributed by atoms with Crippen molar-refractivity contribution in [3.8, 4) is 0 Å². The highest BCUT2D eigenvalue weighted by Gasteiger charge is 2.08. The number of hydrogen-bond acceptors (Lipinski definition) is 4. The molecule has 5 heteroatoms. The lowest BCUT2D eigenvalue weighted by molar-refractivity contribution is 0.0946. The molecular formula is C13H15N3O2. The molecule has 0 aliphatic rings. The van der Waals surface area contributed by atoms with Gasteiger partial charge in [0.05, 0.1) is 6.54 Å². The standard InChI is InChI=1S/C13H15N3O2/c1-8-4-5-11(6-9(8)2)13(17)14-7-12-15-10(3)16-18-12/h4-6H,7H2,1-3H3,(H,14,17). The van der Waals surface area contributed by atoms with Crippen molar-refractivity contribution in [2.75, 3.05) is 0 Å². The van der Waals surface area contributed by atoms with Crippen molar-refractivity contribution in [3.05, 3.63) is 46.6 Å². The summed E-state index contributed by atoms with van der Waals surface area (Å²) in [4.78, 5) is 15.9. The number of amides is 1. The van der Waals surface area contributed by atoms with E-state index >= 15 is 0 Å². The number of carbonyl (C=O) groups is 1. The van der Waals surface area contributed by atoms with Crippen LogP contribution in [0.3, 0.4) is 0 Å².